The van der Waals surface area contributed by atoms with Gasteiger partial charge in [-0.05, 0) is 61.4 Å². The van der Waals surface area contributed by atoms with Crippen molar-refractivity contribution in [3.8, 4) is 28.1 Å². The Morgan fingerprint density at radius 2 is 1.78 bits per heavy atom. The van der Waals surface area contributed by atoms with Gasteiger partial charge in [-0.1, -0.05) is 43.6 Å². The Morgan fingerprint density at radius 3 is 2.36 bits per heavy atom. The zero-order valence-electron chi connectivity index (χ0n) is 27.3. The Kier molecular flexibility index (Phi) is 14.2. The van der Waals surface area contributed by atoms with Gasteiger partial charge in [0.25, 0.3) is 0 Å². The van der Waals surface area contributed by atoms with Crippen molar-refractivity contribution in [2.45, 2.75) is 40.0 Å². The molecule has 1 heterocycles. The Morgan fingerprint density at radius 1 is 1.08 bits per heavy atom. The monoisotopic (exact) mass is 731 g/mol. The molecule has 0 saturated carbocycles. The molecule has 10 nitrogen and oxygen atoms in total. The maximum Gasteiger partial charge on any atom is 0.416 e. The number of amides is 1. The minimum atomic E-state index is -4.55. The molecule has 50 heavy (non-hydrogen) atoms. The first kappa shape index (κ1) is 39.3. The molecule has 264 valence electrons. The Balaban J connectivity index is 0.000000278. The van der Waals surface area contributed by atoms with Crippen molar-refractivity contribution in [1.29, 1.82) is 5.26 Å². The van der Waals surface area contributed by atoms with Crippen molar-refractivity contribution in [3.05, 3.63) is 99.0 Å². The number of carbonyl (C=O) groups excluding carboxylic acids is 2. The van der Waals surface area contributed by atoms with Crippen LogP contribution in [0.15, 0.2) is 66.7 Å². The highest BCUT2D eigenvalue weighted by molar-refractivity contribution is 7.17. The molecule has 0 aliphatic heterocycles. The van der Waals surface area contributed by atoms with E-state index in [1.807, 2.05) is 13.8 Å². The van der Waals surface area contributed by atoms with Crippen LogP contribution in [0.1, 0.15) is 58.9 Å². The van der Waals surface area contributed by atoms with E-state index in [2.05, 4.69) is 16.4 Å². The molecule has 2 N–H and O–H groups in total. The Labute approximate surface area is 295 Å². The van der Waals surface area contributed by atoms with E-state index in [-0.39, 0.29) is 29.7 Å². The van der Waals surface area contributed by atoms with Gasteiger partial charge in [0.2, 0.25) is 12.0 Å². The number of aryl methyl sites for hydroxylation is 1. The number of nitrogens with one attached hydrogen (secondary N) is 1. The molecule has 1 amide bonds. The summed E-state index contributed by atoms with van der Waals surface area (Å²) in [5, 5.41) is 21.8. The van der Waals surface area contributed by atoms with Crippen LogP contribution in [0.2, 0.25) is 5.02 Å². The number of aromatic carboxylic acids is 1. The molecule has 0 bridgehead atoms. The van der Waals surface area contributed by atoms with Crippen molar-refractivity contribution in [2.24, 2.45) is 5.92 Å². The molecule has 0 saturated heterocycles. The largest absolute Gasteiger partial charge is 0.492 e. The molecule has 4 aromatic rings. The van der Waals surface area contributed by atoms with Gasteiger partial charge in [-0.3, -0.25) is 4.79 Å². The lowest BCUT2D eigenvalue weighted by Crippen LogP contribution is -2.28. The molecule has 4 rings (SSSR count). The summed E-state index contributed by atoms with van der Waals surface area (Å²) in [7, 11) is 0. The van der Waals surface area contributed by atoms with Crippen LogP contribution in [0.4, 0.5) is 13.2 Å². The molecule has 0 aliphatic rings. The summed E-state index contributed by atoms with van der Waals surface area (Å²) in [4.78, 5) is 38.9. The van der Waals surface area contributed by atoms with Crippen molar-refractivity contribution >= 4 is 40.8 Å². The number of aromatic nitrogens is 1. The van der Waals surface area contributed by atoms with E-state index in [1.165, 1.54) is 43.3 Å². The Bertz CT molecular complexity index is 1840. The number of hydrogen-bond acceptors (Lipinski definition) is 9. The maximum atomic E-state index is 12.9. The number of carboxylic acids is 1. The smallest absolute Gasteiger partial charge is 0.416 e. The predicted octanol–water partition coefficient (Wildman–Crippen LogP) is 7.88. The van der Waals surface area contributed by atoms with Gasteiger partial charge in [0.05, 0.1) is 30.0 Å². The lowest BCUT2D eigenvalue weighted by Gasteiger charge is -2.19. The highest BCUT2D eigenvalue weighted by Crippen LogP contribution is 2.34. The second kappa shape index (κ2) is 18.0. The van der Waals surface area contributed by atoms with Crippen molar-refractivity contribution in [2.75, 3.05) is 19.8 Å². The average molecular weight is 732 g/mol. The highest BCUT2D eigenvalue weighted by atomic mass is 35.5. The summed E-state index contributed by atoms with van der Waals surface area (Å²) in [6.07, 6.45) is -5.85. The van der Waals surface area contributed by atoms with Crippen molar-refractivity contribution < 1.29 is 46.9 Å². The highest BCUT2D eigenvalue weighted by Gasteiger charge is 2.31. The van der Waals surface area contributed by atoms with Crippen molar-refractivity contribution in [1.82, 2.24) is 10.3 Å². The fourth-order valence-electron chi connectivity index (χ4n) is 4.08. The number of thiazole rings is 1. The molecule has 0 spiro atoms. The third kappa shape index (κ3) is 11.8. The summed E-state index contributed by atoms with van der Waals surface area (Å²) in [6, 6.07) is 17.6. The summed E-state index contributed by atoms with van der Waals surface area (Å²) in [5.41, 5.74) is 1.06. The molecule has 0 aliphatic carbocycles. The van der Waals surface area contributed by atoms with Gasteiger partial charge >= 0.3 is 18.1 Å². The van der Waals surface area contributed by atoms with Gasteiger partial charge in [-0.2, -0.15) is 18.4 Å². The first-order chi connectivity index (χ1) is 23.6. The van der Waals surface area contributed by atoms with E-state index in [0.717, 1.165) is 23.5 Å². The van der Waals surface area contributed by atoms with Crippen LogP contribution in [0.3, 0.4) is 0 Å². The molecule has 0 unspecified atom stereocenters. The topological polar surface area (TPSA) is 148 Å². The summed E-state index contributed by atoms with van der Waals surface area (Å²) >= 11 is 6.94. The van der Waals surface area contributed by atoms with E-state index in [0.29, 0.717) is 50.7 Å². The van der Waals surface area contributed by atoms with Crippen LogP contribution >= 0.6 is 22.9 Å². The SMILES string of the molecule is CC(=O)NCCOC(=O)[C@H](Oc1cccc(C(F)(F)F)c1)c1ccc(Cl)cc1.Cc1nc(-c2ccc(OCC(C)C)c(C#N)c2)sc1C(=O)O. The van der Waals surface area contributed by atoms with Crippen LogP contribution in [0.25, 0.3) is 10.6 Å². The van der Waals surface area contributed by atoms with Crippen LogP contribution in [0, 0.1) is 24.2 Å². The number of esters is 1. The lowest BCUT2D eigenvalue weighted by atomic mass is 10.1. The van der Waals surface area contributed by atoms with Gasteiger partial charge in [0.15, 0.2) is 0 Å². The molecule has 0 fully saturated rings. The number of nitrogens with zero attached hydrogens (tertiary/aromatic N) is 2. The average Bonchev–Trinajstić information content (AvgIpc) is 3.46. The molecular weight excluding hydrogens is 699 g/mol. The number of halogens is 4. The first-order valence-electron chi connectivity index (χ1n) is 15.0. The van der Waals surface area contributed by atoms with E-state index < -0.39 is 29.8 Å². The van der Waals surface area contributed by atoms with Crippen LogP contribution < -0.4 is 14.8 Å². The van der Waals surface area contributed by atoms with Crippen LogP contribution in [-0.2, 0) is 20.5 Å². The molecule has 0 radical (unpaired) electrons. The van der Waals surface area contributed by atoms with Gasteiger partial charge in [-0.15, -0.1) is 11.3 Å². The summed E-state index contributed by atoms with van der Waals surface area (Å²) in [6.45, 7) is 7.56. The number of rotatable bonds is 12. The van der Waals surface area contributed by atoms with E-state index in [4.69, 9.17) is 30.9 Å². The van der Waals surface area contributed by atoms with Gasteiger partial charge < -0.3 is 24.6 Å². The molecule has 1 atom stereocenters. The molecule has 15 heteroatoms. The number of nitriles is 1. The van der Waals surface area contributed by atoms with E-state index in [1.54, 1.807) is 25.1 Å². The van der Waals surface area contributed by atoms with E-state index in [9.17, 15) is 32.8 Å². The van der Waals surface area contributed by atoms with Gasteiger partial charge in [-0.25, -0.2) is 14.6 Å². The number of carboxylic acid groups (broad SMARTS) is 1. The lowest BCUT2D eigenvalue weighted by molar-refractivity contribution is -0.152. The van der Waals surface area contributed by atoms with Gasteiger partial charge in [0, 0.05) is 23.1 Å². The fraction of sp³-hybridized carbons (Fsp3) is 0.286. The molecular formula is C35H33ClF3N3O7S. The summed E-state index contributed by atoms with van der Waals surface area (Å²) in [5.74, 6) is -1.33. The molecule has 3 aromatic carbocycles. The fourth-order valence-corrected chi connectivity index (χ4v) is 5.10. The number of alkyl halides is 3. The normalized spacial score (nSPS) is 11.4. The third-order valence-electron chi connectivity index (χ3n) is 6.43. The zero-order chi connectivity index (χ0) is 37.0. The maximum absolute atomic E-state index is 12.9. The summed E-state index contributed by atoms with van der Waals surface area (Å²) < 4.78 is 54.9. The minimum Gasteiger partial charge on any atom is -0.492 e. The van der Waals surface area contributed by atoms with Gasteiger partial charge in [0.1, 0.15) is 34.1 Å². The third-order valence-corrected chi connectivity index (χ3v) is 7.88. The number of carbonyl (C=O) groups is 3. The van der Waals surface area contributed by atoms with E-state index >= 15 is 0 Å². The quantitative estimate of drug-likeness (QED) is 0.110. The van der Waals surface area contributed by atoms with Crippen LogP contribution in [0.5, 0.6) is 11.5 Å². The second-order valence-corrected chi connectivity index (χ2v) is 12.4. The first-order valence-corrected chi connectivity index (χ1v) is 16.2. The number of hydrogen-bond donors (Lipinski definition) is 2. The minimum absolute atomic E-state index is 0.0952. The zero-order valence-corrected chi connectivity index (χ0v) is 28.9. The van der Waals surface area contributed by atoms with Crippen molar-refractivity contribution in [3.63, 3.8) is 0 Å². The molecule has 1 aromatic heterocycles. The number of ether oxygens (including phenoxy) is 3. The predicted molar refractivity (Wildman–Crippen MR) is 180 cm³/mol. The Hall–Kier alpha value is -5.13. The second-order valence-electron chi connectivity index (χ2n) is 11.0. The van der Waals surface area contributed by atoms with Crippen LogP contribution in [-0.4, -0.2) is 47.7 Å². The number of benzene rings is 3. The standard InChI is InChI=1S/C19H17ClF3NO4.C16H16N2O3S/c1-12(25)24-9-10-27-18(26)17(13-5-7-15(20)8-6-13)28-16-4-2-3-14(11-16)19(21,22)23;1-9(2)8-21-13-5-4-11(6-12(13)7-17)15-18-10(3)14(22-15)16(19)20/h2-8,11,17H,9-10H2,1H3,(H,24,25);4-6,9H,8H2,1-3H3,(H,19,20)/t17-;/m1./s1.